The van der Waals surface area contributed by atoms with Crippen molar-refractivity contribution in [2.24, 2.45) is 0 Å². The zero-order chi connectivity index (χ0) is 18.6. The minimum atomic E-state index is -0.0141. The summed E-state index contributed by atoms with van der Waals surface area (Å²) in [6, 6.07) is 7.61. The van der Waals surface area contributed by atoms with Crippen LogP contribution in [0.25, 0.3) is 12.2 Å². The van der Waals surface area contributed by atoms with Gasteiger partial charge in [0, 0.05) is 12.5 Å². The Morgan fingerprint density at radius 1 is 1.15 bits per heavy atom. The van der Waals surface area contributed by atoms with Crippen LogP contribution in [-0.4, -0.2) is 20.1 Å². The van der Waals surface area contributed by atoms with Crippen LogP contribution in [0.2, 0.25) is 0 Å². The Hall–Kier alpha value is -3.22. The van der Waals surface area contributed by atoms with Crippen molar-refractivity contribution in [3.05, 3.63) is 69.0 Å². The van der Waals surface area contributed by atoms with Gasteiger partial charge in [0.15, 0.2) is 6.61 Å². The Labute approximate surface area is 156 Å². The first-order valence-electron chi connectivity index (χ1n) is 8.99. The van der Waals surface area contributed by atoms with Crippen molar-refractivity contribution >= 4 is 12.2 Å². The average Bonchev–Trinajstić information content (AvgIpc) is 3.11. The summed E-state index contributed by atoms with van der Waals surface area (Å²) in [7, 11) is 0. The molecule has 7 heteroatoms. The van der Waals surface area contributed by atoms with Crippen molar-refractivity contribution in [3.63, 3.8) is 0 Å². The van der Waals surface area contributed by atoms with E-state index in [1.807, 2.05) is 36.4 Å². The van der Waals surface area contributed by atoms with Gasteiger partial charge in [-0.15, -0.1) is 0 Å². The number of nitrogens with zero attached hydrogens (tertiary/aromatic N) is 3. The topological polar surface area (TPSA) is 93.9 Å². The quantitative estimate of drug-likeness (QED) is 0.748. The van der Waals surface area contributed by atoms with E-state index in [1.54, 1.807) is 6.92 Å². The first-order chi connectivity index (χ1) is 13.2. The minimum absolute atomic E-state index is 0.0141. The van der Waals surface area contributed by atoms with Gasteiger partial charge in [-0.1, -0.05) is 23.4 Å². The van der Waals surface area contributed by atoms with Gasteiger partial charge in [0.1, 0.15) is 11.6 Å². The predicted octanol–water partition coefficient (Wildman–Crippen LogP) is 3.09. The Balaban J connectivity index is 1.42. The summed E-state index contributed by atoms with van der Waals surface area (Å²) in [5, 5.41) is 3.79. The molecule has 0 fully saturated rings. The molecule has 0 atom stereocenters. The largest absolute Gasteiger partial charge is 0.485 e. The van der Waals surface area contributed by atoms with E-state index in [4.69, 9.17) is 9.26 Å². The number of rotatable bonds is 5. The molecule has 0 amide bonds. The second-order valence-corrected chi connectivity index (χ2v) is 6.50. The first kappa shape index (κ1) is 17.2. The lowest BCUT2D eigenvalue weighted by Gasteiger charge is -2.13. The molecule has 138 valence electrons. The molecule has 0 unspecified atom stereocenters. The number of nitrogens with one attached hydrogen (secondary N) is 1. The molecule has 0 aliphatic heterocycles. The van der Waals surface area contributed by atoms with Crippen molar-refractivity contribution in [3.8, 4) is 5.75 Å². The van der Waals surface area contributed by atoms with Gasteiger partial charge in [0.25, 0.3) is 5.56 Å². The molecule has 0 saturated heterocycles. The van der Waals surface area contributed by atoms with Gasteiger partial charge in [-0.3, -0.25) is 4.79 Å². The number of fused-ring (bicyclic) bond motifs is 1. The van der Waals surface area contributed by atoms with Crippen LogP contribution >= 0.6 is 0 Å². The van der Waals surface area contributed by atoms with E-state index >= 15 is 0 Å². The number of H-pyrrole nitrogens is 1. The van der Waals surface area contributed by atoms with Gasteiger partial charge < -0.3 is 14.2 Å². The third-order valence-corrected chi connectivity index (χ3v) is 4.46. The molecule has 3 aromatic rings. The molecule has 2 aromatic heterocycles. The third kappa shape index (κ3) is 4.13. The maximum absolute atomic E-state index is 12.2. The van der Waals surface area contributed by atoms with Crippen LogP contribution in [0.5, 0.6) is 5.75 Å². The van der Waals surface area contributed by atoms with Crippen molar-refractivity contribution in [2.75, 3.05) is 0 Å². The van der Waals surface area contributed by atoms with Gasteiger partial charge in [-0.25, -0.2) is 4.98 Å². The fourth-order valence-electron chi connectivity index (χ4n) is 3.10. The standard InChI is InChI=1S/C20H20N4O3/c1-13-21-19(24-27-13)12-26-15-9-6-14(7-10-15)8-11-18-22-17-5-3-2-4-16(17)20(25)23-18/h6-11H,2-5,12H2,1H3,(H,22,23,25). The van der Waals surface area contributed by atoms with E-state index in [1.165, 1.54) is 0 Å². The summed E-state index contributed by atoms with van der Waals surface area (Å²) in [5.74, 6) is 2.34. The molecule has 0 bridgehead atoms. The fraction of sp³-hybridized carbons (Fsp3) is 0.300. The molecule has 1 aromatic carbocycles. The number of aromatic nitrogens is 4. The summed E-state index contributed by atoms with van der Waals surface area (Å²) in [4.78, 5) is 23.7. The molecule has 27 heavy (non-hydrogen) atoms. The highest BCUT2D eigenvalue weighted by Gasteiger charge is 2.14. The van der Waals surface area contributed by atoms with E-state index in [0.717, 1.165) is 48.3 Å². The van der Waals surface area contributed by atoms with Crippen LogP contribution in [0.3, 0.4) is 0 Å². The molecule has 4 rings (SSSR count). The summed E-state index contributed by atoms with van der Waals surface area (Å²) in [6.45, 7) is 2.00. The van der Waals surface area contributed by atoms with E-state index < -0.39 is 0 Å². The zero-order valence-corrected chi connectivity index (χ0v) is 15.1. The molecule has 0 saturated carbocycles. The van der Waals surface area contributed by atoms with Gasteiger partial charge in [0.2, 0.25) is 11.7 Å². The molecule has 2 heterocycles. The number of hydrogen-bond donors (Lipinski definition) is 1. The van der Waals surface area contributed by atoms with E-state index in [0.29, 0.717) is 17.5 Å². The highest BCUT2D eigenvalue weighted by molar-refractivity contribution is 5.66. The Morgan fingerprint density at radius 2 is 1.96 bits per heavy atom. The van der Waals surface area contributed by atoms with Crippen LogP contribution in [-0.2, 0) is 19.4 Å². The molecule has 1 aliphatic carbocycles. The maximum atomic E-state index is 12.2. The summed E-state index contributed by atoms with van der Waals surface area (Å²) < 4.78 is 10.5. The van der Waals surface area contributed by atoms with Crippen LogP contribution in [0, 0.1) is 6.92 Å². The molecule has 1 N–H and O–H groups in total. The van der Waals surface area contributed by atoms with Gasteiger partial charge in [0.05, 0.1) is 5.69 Å². The van der Waals surface area contributed by atoms with Gasteiger partial charge >= 0.3 is 0 Å². The fourth-order valence-corrected chi connectivity index (χ4v) is 3.10. The van der Waals surface area contributed by atoms with E-state index in [-0.39, 0.29) is 12.2 Å². The van der Waals surface area contributed by atoms with E-state index in [2.05, 4.69) is 20.1 Å². The minimum Gasteiger partial charge on any atom is -0.485 e. The molecular formula is C20H20N4O3. The van der Waals surface area contributed by atoms with Crippen molar-refractivity contribution in [1.29, 1.82) is 0 Å². The molecule has 7 nitrogen and oxygen atoms in total. The highest BCUT2D eigenvalue weighted by atomic mass is 16.5. The Morgan fingerprint density at radius 3 is 2.74 bits per heavy atom. The molecule has 0 radical (unpaired) electrons. The second kappa shape index (κ2) is 7.57. The third-order valence-electron chi connectivity index (χ3n) is 4.46. The molecular weight excluding hydrogens is 344 g/mol. The summed E-state index contributed by atoms with van der Waals surface area (Å²) in [6.07, 6.45) is 7.61. The lowest BCUT2D eigenvalue weighted by atomic mass is 9.97. The predicted molar refractivity (Wildman–Crippen MR) is 100 cm³/mol. The number of aryl methyl sites for hydroxylation is 2. The SMILES string of the molecule is Cc1nc(COc2ccc(C=Cc3nc4c(c(=O)[nH]3)CCCC4)cc2)no1. The smallest absolute Gasteiger partial charge is 0.254 e. The summed E-state index contributed by atoms with van der Waals surface area (Å²) >= 11 is 0. The summed E-state index contributed by atoms with van der Waals surface area (Å²) in [5.41, 5.74) is 2.75. The highest BCUT2D eigenvalue weighted by Crippen LogP contribution is 2.17. The Bertz CT molecular complexity index is 1020. The van der Waals surface area contributed by atoms with Crippen molar-refractivity contribution in [1.82, 2.24) is 20.1 Å². The average molecular weight is 364 g/mol. The second-order valence-electron chi connectivity index (χ2n) is 6.50. The molecule has 1 aliphatic rings. The first-order valence-corrected chi connectivity index (χ1v) is 8.99. The van der Waals surface area contributed by atoms with Crippen LogP contribution < -0.4 is 10.3 Å². The molecule has 0 spiro atoms. The maximum Gasteiger partial charge on any atom is 0.254 e. The van der Waals surface area contributed by atoms with Crippen molar-refractivity contribution in [2.45, 2.75) is 39.2 Å². The number of aromatic amines is 1. The van der Waals surface area contributed by atoms with Crippen LogP contribution in [0.1, 0.15) is 47.2 Å². The Kier molecular flexibility index (Phi) is 4.82. The van der Waals surface area contributed by atoms with Crippen molar-refractivity contribution < 1.29 is 9.26 Å². The van der Waals surface area contributed by atoms with Gasteiger partial charge in [-0.2, -0.15) is 4.98 Å². The van der Waals surface area contributed by atoms with E-state index in [9.17, 15) is 4.79 Å². The van der Waals surface area contributed by atoms with Gasteiger partial charge in [-0.05, 0) is 49.5 Å². The van der Waals surface area contributed by atoms with Crippen LogP contribution in [0.15, 0.2) is 33.6 Å². The number of ether oxygens (including phenoxy) is 1. The lowest BCUT2D eigenvalue weighted by Crippen LogP contribution is -2.21. The number of benzene rings is 1. The number of hydrogen-bond acceptors (Lipinski definition) is 6. The zero-order valence-electron chi connectivity index (χ0n) is 15.1. The normalized spacial score (nSPS) is 13.7. The monoisotopic (exact) mass is 364 g/mol. The van der Waals surface area contributed by atoms with Crippen LogP contribution in [0.4, 0.5) is 0 Å². The lowest BCUT2D eigenvalue weighted by molar-refractivity contribution is 0.285.